The fourth-order valence-electron chi connectivity index (χ4n) is 2.08. The maximum atomic E-state index is 12.4. The summed E-state index contributed by atoms with van der Waals surface area (Å²) in [5.74, 6) is 0. The molecule has 0 fully saturated rings. The van der Waals surface area contributed by atoms with E-state index in [1.807, 2.05) is 67.6 Å². The summed E-state index contributed by atoms with van der Waals surface area (Å²) in [6, 6.07) is 19.4. The minimum Gasteiger partial charge on any atom is -0.445 e. The van der Waals surface area contributed by atoms with E-state index in [4.69, 9.17) is 4.74 Å². The fraction of sp³-hybridized carbons (Fsp3) is 0.211. The van der Waals surface area contributed by atoms with E-state index >= 15 is 0 Å². The zero-order valence-electron chi connectivity index (χ0n) is 12.8. The van der Waals surface area contributed by atoms with Crippen LogP contribution in [0.2, 0.25) is 0 Å². The molecule has 0 bridgehead atoms. The first-order valence-electron chi connectivity index (χ1n) is 7.34. The van der Waals surface area contributed by atoms with Crippen LogP contribution in [0.5, 0.6) is 0 Å². The second kappa shape index (κ2) is 8.03. The second-order valence-corrected chi connectivity index (χ2v) is 5.13. The molecule has 0 heterocycles. The van der Waals surface area contributed by atoms with Crippen LogP contribution in [0.4, 0.5) is 4.79 Å². The number of benzene rings is 2. The number of carbonyl (C=O) groups excluding carboxylic acids is 1. The number of hydrogen-bond acceptors (Lipinski definition) is 2. The summed E-state index contributed by atoms with van der Waals surface area (Å²) in [6.07, 6.45) is 1.41. The Morgan fingerprint density at radius 1 is 1.09 bits per heavy atom. The first kappa shape index (κ1) is 15.8. The summed E-state index contributed by atoms with van der Waals surface area (Å²) >= 11 is 0. The van der Waals surface area contributed by atoms with Gasteiger partial charge in [0.15, 0.2) is 0 Å². The van der Waals surface area contributed by atoms with Gasteiger partial charge >= 0.3 is 6.09 Å². The minimum atomic E-state index is -0.333. The summed E-state index contributed by atoms with van der Waals surface area (Å²) < 4.78 is 5.42. The number of ether oxygens (including phenoxy) is 1. The van der Waals surface area contributed by atoms with Crippen molar-refractivity contribution in [3.8, 4) is 0 Å². The van der Waals surface area contributed by atoms with Gasteiger partial charge in [0.05, 0.1) is 6.04 Å². The van der Waals surface area contributed by atoms with Gasteiger partial charge in [-0.15, -0.1) is 6.58 Å². The highest BCUT2D eigenvalue weighted by molar-refractivity contribution is 5.68. The predicted octanol–water partition coefficient (Wildman–Crippen LogP) is 4.40. The first-order valence-corrected chi connectivity index (χ1v) is 7.34. The Bertz CT molecular complexity index is 595. The number of hydrogen-bond donors (Lipinski definition) is 0. The maximum Gasteiger partial charge on any atom is 0.410 e. The van der Waals surface area contributed by atoms with Crippen molar-refractivity contribution in [1.29, 1.82) is 0 Å². The lowest BCUT2D eigenvalue weighted by Crippen LogP contribution is -2.37. The van der Waals surface area contributed by atoms with Gasteiger partial charge in [-0.1, -0.05) is 66.7 Å². The molecule has 2 rings (SSSR count). The molecule has 0 radical (unpaired) electrons. The van der Waals surface area contributed by atoms with Crippen molar-refractivity contribution >= 4 is 6.09 Å². The van der Waals surface area contributed by atoms with Crippen LogP contribution in [0, 0.1) is 0 Å². The molecular formula is C19H21NO2. The highest BCUT2D eigenvalue weighted by Crippen LogP contribution is 2.12. The van der Waals surface area contributed by atoms with Crippen LogP contribution in [-0.4, -0.2) is 17.0 Å². The molecule has 1 atom stereocenters. The SMILES string of the molecule is C=C[C@H](C)N(Cc1ccccc1)C(=O)OCc1ccccc1. The van der Waals surface area contributed by atoms with Gasteiger partial charge in [0.2, 0.25) is 0 Å². The van der Waals surface area contributed by atoms with Crippen molar-refractivity contribution in [2.75, 3.05) is 0 Å². The quantitative estimate of drug-likeness (QED) is 0.739. The Balaban J connectivity index is 2.01. The summed E-state index contributed by atoms with van der Waals surface area (Å²) in [6.45, 7) is 6.48. The van der Waals surface area contributed by atoms with Crippen molar-refractivity contribution in [2.24, 2.45) is 0 Å². The van der Waals surface area contributed by atoms with Crippen molar-refractivity contribution in [3.63, 3.8) is 0 Å². The first-order chi connectivity index (χ1) is 10.7. The summed E-state index contributed by atoms with van der Waals surface area (Å²) in [5.41, 5.74) is 2.04. The maximum absolute atomic E-state index is 12.4. The number of rotatable bonds is 6. The van der Waals surface area contributed by atoms with Gasteiger partial charge in [-0.05, 0) is 18.1 Å². The van der Waals surface area contributed by atoms with Crippen LogP contribution in [0.15, 0.2) is 73.3 Å². The van der Waals surface area contributed by atoms with Crippen LogP contribution in [0.3, 0.4) is 0 Å². The van der Waals surface area contributed by atoms with Crippen LogP contribution < -0.4 is 0 Å². The lowest BCUT2D eigenvalue weighted by molar-refractivity contribution is 0.0869. The average molecular weight is 295 g/mol. The Morgan fingerprint density at radius 3 is 2.18 bits per heavy atom. The highest BCUT2D eigenvalue weighted by Gasteiger charge is 2.19. The average Bonchev–Trinajstić information content (AvgIpc) is 2.58. The van der Waals surface area contributed by atoms with E-state index in [0.717, 1.165) is 11.1 Å². The van der Waals surface area contributed by atoms with Gasteiger partial charge in [0.1, 0.15) is 6.61 Å². The Labute approximate surface area is 131 Å². The molecule has 3 heteroatoms. The van der Waals surface area contributed by atoms with Gasteiger partial charge in [-0.2, -0.15) is 0 Å². The van der Waals surface area contributed by atoms with Crippen molar-refractivity contribution in [1.82, 2.24) is 4.90 Å². The van der Waals surface area contributed by atoms with Crippen LogP contribution in [0.25, 0.3) is 0 Å². The monoisotopic (exact) mass is 295 g/mol. The van der Waals surface area contributed by atoms with Crippen molar-refractivity contribution < 1.29 is 9.53 Å². The van der Waals surface area contributed by atoms with Crippen LogP contribution in [0.1, 0.15) is 18.1 Å². The lowest BCUT2D eigenvalue weighted by Gasteiger charge is -2.26. The zero-order valence-corrected chi connectivity index (χ0v) is 12.8. The second-order valence-electron chi connectivity index (χ2n) is 5.13. The van der Waals surface area contributed by atoms with Crippen molar-refractivity contribution in [3.05, 3.63) is 84.4 Å². The summed E-state index contributed by atoms with van der Waals surface area (Å²) in [7, 11) is 0. The topological polar surface area (TPSA) is 29.5 Å². The zero-order chi connectivity index (χ0) is 15.8. The third kappa shape index (κ3) is 4.48. The molecule has 0 aromatic heterocycles. The fourth-order valence-corrected chi connectivity index (χ4v) is 2.08. The predicted molar refractivity (Wildman–Crippen MR) is 88.3 cm³/mol. The third-order valence-corrected chi connectivity index (χ3v) is 3.47. The van der Waals surface area contributed by atoms with E-state index in [0.29, 0.717) is 6.54 Å². The number of nitrogens with zero attached hydrogens (tertiary/aromatic N) is 1. The third-order valence-electron chi connectivity index (χ3n) is 3.47. The van der Waals surface area contributed by atoms with Crippen molar-refractivity contribution in [2.45, 2.75) is 26.1 Å². The largest absolute Gasteiger partial charge is 0.445 e. The van der Waals surface area contributed by atoms with E-state index in [-0.39, 0.29) is 18.7 Å². The molecule has 0 aliphatic carbocycles. The summed E-state index contributed by atoms with van der Waals surface area (Å²) in [5, 5.41) is 0. The van der Waals surface area contributed by atoms with E-state index < -0.39 is 0 Å². The number of amides is 1. The smallest absolute Gasteiger partial charge is 0.410 e. The highest BCUT2D eigenvalue weighted by atomic mass is 16.6. The van der Waals surface area contributed by atoms with Crippen LogP contribution >= 0.6 is 0 Å². The van der Waals surface area contributed by atoms with Gasteiger partial charge in [-0.3, -0.25) is 4.90 Å². The minimum absolute atomic E-state index is 0.0940. The molecule has 0 spiro atoms. The molecule has 0 N–H and O–H groups in total. The number of carbonyl (C=O) groups is 1. The van der Waals surface area contributed by atoms with Gasteiger partial charge in [-0.25, -0.2) is 4.79 Å². The summed E-state index contributed by atoms with van der Waals surface area (Å²) in [4.78, 5) is 14.0. The molecule has 0 aliphatic heterocycles. The normalized spacial score (nSPS) is 11.5. The molecule has 114 valence electrons. The molecular weight excluding hydrogens is 274 g/mol. The van der Waals surface area contributed by atoms with E-state index in [1.165, 1.54) is 0 Å². The Kier molecular flexibility index (Phi) is 5.78. The molecule has 2 aromatic rings. The molecule has 2 aromatic carbocycles. The molecule has 1 amide bonds. The van der Waals surface area contributed by atoms with Crippen LogP contribution in [-0.2, 0) is 17.9 Å². The van der Waals surface area contributed by atoms with Gasteiger partial charge in [0, 0.05) is 6.54 Å². The lowest BCUT2D eigenvalue weighted by atomic mass is 10.2. The van der Waals surface area contributed by atoms with E-state index in [1.54, 1.807) is 11.0 Å². The molecule has 22 heavy (non-hydrogen) atoms. The van der Waals surface area contributed by atoms with Gasteiger partial charge in [0.25, 0.3) is 0 Å². The van der Waals surface area contributed by atoms with Gasteiger partial charge < -0.3 is 4.74 Å². The molecule has 0 aliphatic rings. The molecule has 0 saturated heterocycles. The standard InChI is InChI=1S/C19H21NO2/c1-3-16(2)20(14-17-10-6-4-7-11-17)19(21)22-15-18-12-8-5-9-13-18/h3-13,16H,1,14-15H2,2H3/t16-/m0/s1. The van der Waals surface area contributed by atoms with E-state index in [2.05, 4.69) is 6.58 Å². The van der Waals surface area contributed by atoms with E-state index in [9.17, 15) is 4.79 Å². The molecule has 0 unspecified atom stereocenters. The molecule has 3 nitrogen and oxygen atoms in total. The molecule has 0 saturated carbocycles. The Hall–Kier alpha value is -2.55. The Morgan fingerprint density at radius 2 is 1.64 bits per heavy atom.